The Bertz CT molecular complexity index is 1020. The third-order valence-corrected chi connectivity index (χ3v) is 6.76. The molecule has 0 aliphatic carbocycles. The number of aromatic nitrogens is 3. The van der Waals surface area contributed by atoms with Gasteiger partial charge in [0.2, 0.25) is 0 Å². The molecule has 3 aliphatic rings. The Balaban J connectivity index is 1.40. The van der Waals surface area contributed by atoms with Crippen LogP contribution in [0, 0.1) is 0 Å². The molecule has 0 amide bonds. The number of anilines is 1. The molecule has 0 saturated carbocycles. The van der Waals surface area contributed by atoms with E-state index in [9.17, 15) is 8.78 Å². The van der Waals surface area contributed by atoms with E-state index in [0.717, 1.165) is 12.2 Å². The summed E-state index contributed by atoms with van der Waals surface area (Å²) in [6.45, 7) is 4.56. The summed E-state index contributed by atoms with van der Waals surface area (Å²) in [7, 11) is 3.91. The van der Waals surface area contributed by atoms with Crippen molar-refractivity contribution >= 4 is 11.3 Å². The molecule has 0 bridgehead atoms. The van der Waals surface area contributed by atoms with Crippen LogP contribution in [0.4, 0.5) is 14.6 Å². The first kappa shape index (κ1) is 22.9. The molecule has 0 aromatic carbocycles. The highest BCUT2D eigenvalue weighted by Crippen LogP contribution is 2.46. The number of halogens is 2. The molecule has 3 aliphatic heterocycles. The van der Waals surface area contributed by atoms with E-state index in [1.54, 1.807) is 4.52 Å². The molecule has 33 heavy (non-hydrogen) atoms. The van der Waals surface area contributed by atoms with Crippen molar-refractivity contribution in [3.63, 3.8) is 0 Å². The first-order valence-electron chi connectivity index (χ1n) is 11.4. The maximum absolute atomic E-state index is 14.4. The second kappa shape index (κ2) is 8.09. The summed E-state index contributed by atoms with van der Waals surface area (Å²) < 4.78 is 49.3. The number of alkyl halides is 2. The lowest BCUT2D eigenvalue weighted by atomic mass is 10.0. The molecule has 11 heteroatoms. The Morgan fingerprint density at radius 2 is 1.97 bits per heavy atom. The van der Waals surface area contributed by atoms with Gasteiger partial charge in [-0.15, -0.1) is 0 Å². The van der Waals surface area contributed by atoms with Gasteiger partial charge in [-0.2, -0.15) is 5.10 Å². The fourth-order valence-electron chi connectivity index (χ4n) is 5.36. The van der Waals surface area contributed by atoms with Crippen molar-refractivity contribution in [2.45, 2.75) is 68.9 Å². The zero-order chi connectivity index (χ0) is 23.5. The molecule has 5 heterocycles. The predicted molar refractivity (Wildman–Crippen MR) is 117 cm³/mol. The van der Waals surface area contributed by atoms with Crippen molar-refractivity contribution in [3.8, 4) is 0 Å². The van der Waals surface area contributed by atoms with E-state index in [0.29, 0.717) is 24.3 Å². The van der Waals surface area contributed by atoms with Gasteiger partial charge in [-0.05, 0) is 53.0 Å². The van der Waals surface area contributed by atoms with Gasteiger partial charge in [0.05, 0.1) is 12.2 Å². The van der Waals surface area contributed by atoms with Crippen molar-refractivity contribution in [1.29, 1.82) is 0 Å². The van der Waals surface area contributed by atoms with Gasteiger partial charge in [-0.3, -0.25) is 4.90 Å². The number of ether oxygens (including phenoxy) is 3. The molecule has 2 aromatic heterocycles. The van der Waals surface area contributed by atoms with Crippen molar-refractivity contribution in [2.75, 3.05) is 39.5 Å². The Morgan fingerprint density at radius 3 is 2.73 bits per heavy atom. The molecular formula is C22H32F2N6O3. The van der Waals surface area contributed by atoms with Gasteiger partial charge in [0.1, 0.15) is 36.3 Å². The number of likely N-dealkylation sites (tertiary alicyclic amines) is 1. The number of hydrogen-bond donors (Lipinski definition) is 1. The zero-order valence-corrected chi connectivity index (χ0v) is 19.4. The molecule has 9 nitrogen and oxygen atoms in total. The number of nitrogens with zero attached hydrogens (tertiary/aromatic N) is 5. The summed E-state index contributed by atoms with van der Waals surface area (Å²) in [4.78, 5) is 7.92. The second-order valence-electron chi connectivity index (χ2n) is 10.1. The molecule has 182 valence electrons. The van der Waals surface area contributed by atoms with E-state index in [4.69, 9.17) is 19.9 Å². The number of nitrogens with two attached hydrogens (primary N) is 1. The number of hydrogen-bond acceptors (Lipinski definition) is 8. The van der Waals surface area contributed by atoms with Crippen LogP contribution in [-0.2, 0) is 14.2 Å². The molecule has 0 radical (unpaired) electrons. The van der Waals surface area contributed by atoms with Crippen LogP contribution >= 0.6 is 0 Å². The van der Waals surface area contributed by atoms with Gasteiger partial charge in [-0.25, -0.2) is 18.3 Å². The number of fused-ring (bicyclic) bond motifs is 2. The van der Waals surface area contributed by atoms with E-state index in [1.165, 1.54) is 6.33 Å². The minimum absolute atomic E-state index is 0.131. The van der Waals surface area contributed by atoms with Crippen LogP contribution < -0.4 is 5.73 Å². The van der Waals surface area contributed by atoms with E-state index < -0.39 is 23.9 Å². The quantitative estimate of drug-likeness (QED) is 0.691. The highest BCUT2D eigenvalue weighted by atomic mass is 19.3. The van der Waals surface area contributed by atoms with E-state index in [1.807, 2.05) is 49.9 Å². The molecule has 3 saturated heterocycles. The smallest absolute Gasteiger partial charge is 0.262 e. The van der Waals surface area contributed by atoms with E-state index >= 15 is 0 Å². The number of rotatable bonds is 6. The van der Waals surface area contributed by atoms with Crippen LogP contribution in [0.1, 0.15) is 38.5 Å². The van der Waals surface area contributed by atoms with Gasteiger partial charge >= 0.3 is 0 Å². The summed E-state index contributed by atoms with van der Waals surface area (Å²) in [5, 5.41) is 4.33. The van der Waals surface area contributed by atoms with Crippen LogP contribution in [0.15, 0.2) is 18.5 Å². The van der Waals surface area contributed by atoms with Crippen molar-refractivity contribution in [1.82, 2.24) is 24.4 Å². The average Bonchev–Trinajstić information content (AvgIpc) is 3.42. The summed E-state index contributed by atoms with van der Waals surface area (Å²) in [5.41, 5.74) is 7.44. The Kier molecular flexibility index (Phi) is 5.60. The normalized spacial score (nSPS) is 33.4. The second-order valence-corrected chi connectivity index (χ2v) is 10.1. The topological polar surface area (TPSA) is 90.4 Å². The molecule has 0 unspecified atom stereocenters. The van der Waals surface area contributed by atoms with Gasteiger partial charge in [0.15, 0.2) is 11.6 Å². The third kappa shape index (κ3) is 4.32. The number of nitrogen functional groups attached to an aromatic ring is 1. The SMILES string of the molecule is CN(C)CC[C@@H]1CC(F)(F)CN1C[C@H]1O[C@@H](c2ccc3c(N)ncnn23)[C@@H]2OC(C)(C)O[C@@H]21. The van der Waals surface area contributed by atoms with Crippen LogP contribution in [0.5, 0.6) is 0 Å². The van der Waals surface area contributed by atoms with Crippen molar-refractivity contribution in [3.05, 3.63) is 24.2 Å². The zero-order valence-electron chi connectivity index (χ0n) is 19.4. The average molecular weight is 467 g/mol. The fraction of sp³-hybridized carbons (Fsp3) is 0.727. The van der Waals surface area contributed by atoms with Crippen LogP contribution in [0.3, 0.4) is 0 Å². The molecule has 0 spiro atoms. The summed E-state index contributed by atoms with van der Waals surface area (Å²) >= 11 is 0. The summed E-state index contributed by atoms with van der Waals surface area (Å²) in [6.07, 6.45) is 0.293. The van der Waals surface area contributed by atoms with E-state index in [2.05, 4.69) is 10.1 Å². The Labute approximate surface area is 191 Å². The lowest BCUT2D eigenvalue weighted by Crippen LogP contribution is -2.43. The van der Waals surface area contributed by atoms with Gasteiger partial charge < -0.3 is 24.8 Å². The maximum Gasteiger partial charge on any atom is 0.262 e. The van der Waals surface area contributed by atoms with Crippen LogP contribution in [0.2, 0.25) is 0 Å². The Morgan fingerprint density at radius 1 is 1.21 bits per heavy atom. The lowest BCUT2D eigenvalue weighted by Gasteiger charge is -2.30. The molecule has 5 rings (SSSR count). The van der Waals surface area contributed by atoms with Gasteiger partial charge in [0, 0.05) is 19.0 Å². The van der Waals surface area contributed by atoms with Gasteiger partial charge in [-0.1, -0.05) is 0 Å². The van der Waals surface area contributed by atoms with Crippen LogP contribution in [-0.4, -0.2) is 94.2 Å². The fourth-order valence-corrected chi connectivity index (χ4v) is 5.36. The highest BCUT2D eigenvalue weighted by Gasteiger charge is 2.57. The minimum Gasteiger partial charge on any atom is -0.382 e. The standard InChI is InChI=1S/C22H32F2N6O3/c1-21(2)32-18-16(10-29-11-22(23,24)9-13(29)7-8-28(3)4)31-17(19(18)33-21)14-5-6-15-20(25)26-12-27-30(14)15/h5-6,12-13,16-19H,7-11H2,1-4H3,(H2,25,26,27)/t13-,16-,17+,18-,19+/m1/s1. The Hall–Kier alpha value is -1.92. The lowest BCUT2D eigenvalue weighted by molar-refractivity contribution is -0.190. The van der Waals surface area contributed by atoms with Crippen LogP contribution in [0.25, 0.3) is 5.52 Å². The summed E-state index contributed by atoms with van der Waals surface area (Å²) in [5.74, 6) is -3.13. The molecule has 2 aromatic rings. The largest absolute Gasteiger partial charge is 0.382 e. The highest BCUT2D eigenvalue weighted by molar-refractivity contribution is 5.65. The van der Waals surface area contributed by atoms with Gasteiger partial charge in [0.25, 0.3) is 5.92 Å². The first-order chi connectivity index (χ1) is 15.5. The monoisotopic (exact) mass is 466 g/mol. The van der Waals surface area contributed by atoms with E-state index in [-0.39, 0.29) is 31.2 Å². The first-order valence-corrected chi connectivity index (χ1v) is 11.4. The summed E-state index contributed by atoms with van der Waals surface area (Å²) in [6, 6.07) is 3.53. The molecule has 2 N–H and O–H groups in total. The minimum atomic E-state index is -2.70. The molecule has 3 fully saturated rings. The molecular weight excluding hydrogens is 434 g/mol. The third-order valence-electron chi connectivity index (χ3n) is 6.76. The van der Waals surface area contributed by atoms with Crippen molar-refractivity contribution < 1.29 is 23.0 Å². The maximum atomic E-state index is 14.4. The molecule has 5 atom stereocenters. The predicted octanol–water partition coefficient (Wildman–Crippen LogP) is 1.93. The van der Waals surface area contributed by atoms with Crippen molar-refractivity contribution in [2.24, 2.45) is 0 Å².